The van der Waals surface area contributed by atoms with E-state index < -0.39 is 17.5 Å². The van der Waals surface area contributed by atoms with Crippen molar-refractivity contribution in [3.05, 3.63) is 65.0 Å². The molecule has 0 saturated heterocycles. The molecule has 1 aliphatic heterocycles. The van der Waals surface area contributed by atoms with Crippen molar-refractivity contribution in [3.8, 4) is 17.2 Å². The zero-order valence-corrected chi connectivity index (χ0v) is 20.1. The molecular formula is C29H35F3O2. The zero-order chi connectivity index (χ0) is 24.1. The number of fused-ring (bicyclic) bond motifs is 2. The Bertz CT molecular complexity index is 1010. The molecule has 2 nitrogen and oxygen atoms in total. The SMILES string of the molecule is C=CCCc1ccc2c(c1F)Oc1c(cc(OCC3CCC(CCCCC)CC3)c(F)c1F)C2. The lowest BCUT2D eigenvalue weighted by atomic mass is 9.80. The summed E-state index contributed by atoms with van der Waals surface area (Å²) in [5, 5.41) is 0. The van der Waals surface area contributed by atoms with Crippen molar-refractivity contribution < 1.29 is 22.6 Å². The van der Waals surface area contributed by atoms with E-state index in [0.717, 1.165) is 18.8 Å². The molecule has 0 radical (unpaired) electrons. The summed E-state index contributed by atoms with van der Waals surface area (Å²) in [6.45, 7) is 6.27. The van der Waals surface area contributed by atoms with Crippen molar-refractivity contribution in [2.45, 2.75) is 77.6 Å². The van der Waals surface area contributed by atoms with Crippen LogP contribution in [0.1, 0.15) is 81.4 Å². The second-order valence-electron chi connectivity index (χ2n) is 9.82. The highest BCUT2D eigenvalue weighted by atomic mass is 19.2. The maximum atomic E-state index is 14.9. The second kappa shape index (κ2) is 11.3. The molecule has 1 fully saturated rings. The average Bonchev–Trinajstić information content (AvgIpc) is 2.85. The van der Waals surface area contributed by atoms with E-state index in [-0.39, 0.29) is 23.7 Å². The van der Waals surface area contributed by atoms with E-state index in [0.29, 0.717) is 42.1 Å². The standard InChI is InChI=1S/C29H35F3O2/c1-3-5-7-8-19-10-12-20(13-11-19)18-33-24-17-23-16-22-15-14-21(9-6-4-2)25(30)28(22)34-29(23)27(32)26(24)31/h4,14-15,17,19-20H,2-3,5-13,16,18H2,1H3. The van der Waals surface area contributed by atoms with Gasteiger partial charge in [-0.3, -0.25) is 0 Å². The topological polar surface area (TPSA) is 18.5 Å². The average molecular weight is 473 g/mol. The van der Waals surface area contributed by atoms with Crippen LogP contribution >= 0.6 is 0 Å². The molecule has 4 rings (SSSR count). The van der Waals surface area contributed by atoms with Gasteiger partial charge in [-0.15, -0.1) is 6.58 Å². The second-order valence-corrected chi connectivity index (χ2v) is 9.82. The third kappa shape index (κ3) is 5.45. The summed E-state index contributed by atoms with van der Waals surface area (Å²) in [4.78, 5) is 0. The fourth-order valence-electron chi connectivity index (χ4n) is 5.20. The van der Waals surface area contributed by atoms with E-state index in [4.69, 9.17) is 9.47 Å². The van der Waals surface area contributed by atoms with Crippen molar-refractivity contribution in [1.29, 1.82) is 0 Å². The Morgan fingerprint density at radius 2 is 1.71 bits per heavy atom. The van der Waals surface area contributed by atoms with Crippen molar-refractivity contribution >= 4 is 0 Å². The quantitative estimate of drug-likeness (QED) is 0.217. The van der Waals surface area contributed by atoms with Gasteiger partial charge in [-0.25, -0.2) is 4.39 Å². The summed E-state index contributed by atoms with van der Waals surface area (Å²) < 4.78 is 56.0. The third-order valence-corrected chi connectivity index (χ3v) is 7.32. The molecule has 2 aromatic rings. The Hall–Kier alpha value is -2.43. The Morgan fingerprint density at radius 1 is 0.971 bits per heavy atom. The van der Waals surface area contributed by atoms with Crippen LogP contribution in [-0.4, -0.2) is 6.61 Å². The number of benzene rings is 2. The number of allylic oxidation sites excluding steroid dienone is 1. The molecule has 0 aromatic heterocycles. The molecule has 1 saturated carbocycles. The first-order chi connectivity index (χ1) is 16.5. The van der Waals surface area contributed by atoms with Gasteiger partial charge in [0.2, 0.25) is 11.6 Å². The summed E-state index contributed by atoms with van der Waals surface area (Å²) in [6, 6.07) is 5.03. The van der Waals surface area contributed by atoms with E-state index in [1.54, 1.807) is 18.2 Å². The van der Waals surface area contributed by atoms with Crippen LogP contribution in [0.5, 0.6) is 17.2 Å². The summed E-state index contributed by atoms with van der Waals surface area (Å²) in [5.41, 5.74) is 1.56. The Kier molecular flexibility index (Phi) is 8.23. The number of rotatable bonds is 10. The van der Waals surface area contributed by atoms with Crippen molar-refractivity contribution in [3.63, 3.8) is 0 Å². The fraction of sp³-hybridized carbons (Fsp3) is 0.517. The first kappa shape index (κ1) is 24.7. The molecule has 0 N–H and O–H groups in total. The van der Waals surface area contributed by atoms with Gasteiger partial charge in [0, 0.05) is 17.5 Å². The molecular weight excluding hydrogens is 437 g/mol. The number of hydrogen-bond donors (Lipinski definition) is 0. The van der Waals surface area contributed by atoms with Gasteiger partial charge in [-0.05, 0) is 49.1 Å². The Balaban J connectivity index is 1.41. The number of aryl methyl sites for hydroxylation is 1. The number of halogens is 3. The van der Waals surface area contributed by atoms with E-state index >= 15 is 0 Å². The van der Waals surface area contributed by atoms with Crippen LogP contribution in [0.4, 0.5) is 13.2 Å². The van der Waals surface area contributed by atoms with Crippen LogP contribution < -0.4 is 9.47 Å². The molecule has 0 amide bonds. The van der Waals surface area contributed by atoms with Crippen LogP contribution in [0.25, 0.3) is 0 Å². The minimum absolute atomic E-state index is 0.0169. The van der Waals surface area contributed by atoms with Crippen molar-refractivity contribution in [2.24, 2.45) is 11.8 Å². The molecule has 2 aliphatic rings. The summed E-state index contributed by atoms with van der Waals surface area (Å²) >= 11 is 0. The molecule has 0 atom stereocenters. The first-order valence-corrected chi connectivity index (χ1v) is 12.7. The molecule has 5 heteroatoms. The highest BCUT2D eigenvalue weighted by Crippen LogP contribution is 2.44. The molecule has 0 bridgehead atoms. The van der Waals surface area contributed by atoms with E-state index in [1.807, 2.05) is 0 Å². The zero-order valence-electron chi connectivity index (χ0n) is 20.1. The molecule has 34 heavy (non-hydrogen) atoms. The van der Waals surface area contributed by atoms with Gasteiger partial charge >= 0.3 is 0 Å². The normalized spacial score (nSPS) is 19.2. The predicted octanol–water partition coefficient (Wildman–Crippen LogP) is 8.68. The first-order valence-electron chi connectivity index (χ1n) is 12.7. The van der Waals surface area contributed by atoms with E-state index in [9.17, 15) is 13.2 Å². The maximum absolute atomic E-state index is 14.9. The van der Waals surface area contributed by atoms with Crippen LogP contribution in [0.15, 0.2) is 30.9 Å². The molecule has 1 heterocycles. The van der Waals surface area contributed by atoms with E-state index in [1.165, 1.54) is 44.6 Å². The molecule has 184 valence electrons. The van der Waals surface area contributed by atoms with Gasteiger partial charge in [0.1, 0.15) is 0 Å². The molecule has 2 aromatic carbocycles. The Labute approximate surface area is 201 Å². The highest BCUT2D eigenvalue weighted by molar-refractivity contribution is 5.54. The molecule has 0 unspecified atom stereocenters. The summed E-state index contributed by atoms with van der Waals surface area (Å²) in [7, 11) is 0. The van der Waals surface area contributed by atoms with Gasteiger partial charge in [-0.1, -0.05) is 63.7 Å². The third-order valence-electron chi connectivity index (χ3n) is 7.32. The predicted molar refractivity (Wildman–Crippen MR) is 129 cm³/mol. The minimum atomic E-state index is -1.12. The van der Waals surface area contributed by atoms with Gasteiger partial charge < -0.3 is 9.47 Å². The van der Waals surface area contributed by atoms with Crippen LogP contribution in [0.2, 0.25) is 0 Å². The lowest BCUT2D eigenvalue weighted by Crippen LogP contribution is -2.20. The van der Waals surface area contributed by atoms with Crippen molar-refractivity contribution in [1.82, 2.24) is 0 Å². The Morgan fingerprint density at radius 3 is 2.44 bits per heavy atom. The van der Waals surface area contributed by atoms with Gasteiger partial charge in [0.25, 0.3) is 0 Å². The maximum Gasteiger partial charge on any atom is 0.205 e. The molecule has 0 spiro atoms. The van der Waals surface area contributed by atoms with Crippen molar-refractivity contribution in [2.75, 3.05) is 6.61 Å². The van der Waals surface area contributed by atoms with Crippen LogP contribution in [-0.2, 0) is 12.8 Å². The smallest absolute Gasteiger partial charge is 0.205 e. The monoisotopic (exact) mass is 472 g/mol. The lowest BCUT2D eigenvalue weighted by Gasteiger charge is -2.29. The minimum Gasteiger partial charge on any atom is -0.490 e. The van der Waals surface area contributed by atoms with Gasteiger partial charge in [0.05, 0.1) is 6.61 Å². The summed E-state index contributed by atoms with van der Waals surface area (Å²) in [5.74, 6) is -1.91. The number of unbranched alkanes of at least 4 members (excludes halogenated alkanes) is 2. The highest BCUT2D eigenvalue weighted by Gasteiger charge is 2.29. The summed E-state index contributed by atoms with van der Waals surface area (Å²) in [6.07, 6.45) is 12.7. The molecule has 1 aliphatic carbocycles. The largest absolute Gasteiger partial charge is 0.490 e. The van der Waals surface area contributed by atoms with Gasteiger partial charge in [0.15, 0.2) is 23.1 Å². The lowest BCUT2D eigenvalue weighted by molar-refractivity contribution is 0.172. The van der Waals surface area contributed by atoms with Gasteiger partial charge in [-0.2, -0.15) is 8.78 Å². The van der Waals surface area contributed by atoms with Crippen LogP contribution in [0, 0.1) is 29.3 Å². The van der Waals surface area contributed by atoms with E-state index in [2.05, 4.69) is 13.5 Å². The number of hydrogen-bond acceptors (Lipinski definition) is 2. The fourth-order valence-corrected chi connectivity index (χ4v) is 5.20. The number of ether oxygens (including phenoxy) is 2. The van der Waals surface area contributed by atoms with Crippen LogP contribution in [0.3, 0.4) is 0 Å².